The number of rotatable bonds is 3. The fourth-order valence-corrected chi connectivity index (χ4v) is 4.38. The van der Waals surface area contributed by atoms with Crippen molar-refractivity contribution < 1.29 is 9.72 Å². The Labute approximate surface area is 151 Å². The Bertz CT molecular complexity index is 627. The van der Waals surface area contributed by atoms with Crippen LogP contribution in [-0.2, 0) is 0 Å². The number of hydrogen-bond donors (Lipinski definition) is 2. The molecule has 1 aromatic carbocycles. The molecule has 132 valence electrons. The van der Waals surface area contributed by atoms with Crippen LogP contribution >= 0.6 is 24.0 Å². The van der Waals surface area contributed by atoms with Crippen LogP contribution < -0.4 is 11.1 Å². The van der Waals surface area contributed by atoms with Gasteiger partial charge in [0.1, 0.15) is 10.6 Å². The van der Waals surface area contributed by atoms with Crippen LogP contribution in [0.3, 0.4) is 0 Å². The van der Waals surface area contributed by atoms with E-state index >= 15 is 0 Å². The summed E-state index contributed by atoms with van der Waals surface area (Å²) in [5.74, 6) is 0.302. The lowest BCUT2D eigenvalue weighted by Crippen LogP contribution is -2.53. The largest absolute Gasteiger partial charge is 0.349 e. The van der Waals surface area contributed by atoms with Gasteiger partial charge in [0.25, 0.3) is 5.91 Å². The van der Waals surface area contributed by atoms with Crippen molar-refractivity contribution >= 4 is 35.6 Å². The van der Waals surface area contributed by atoms with Gasteiger partial charge in [-0.1, -0.05) is 24.1 Å². The maximum atomic E-state index is 12.6. The van der Waals surface area contributed by atoms with Crippen LogP contribution in [0.1, 0.15) is 42.5 Å². The second kappa shape index (κ2) is 7.68. The Morgan fingerprint density at radius 2 is 1.92 bits per heavy atom. The van der Waals surface area contributed by atoms with Gasteiger partial charge in [-0.15, -0.1) is 12.4 Å². The van der Waals surface area contributed by atoms with Crippen LogP contribution in [0, 0.1) is 22.0 Å². The van der Waals surface area contributed by atoms with Crippen molar-refractivity contribution in [1.82, 2.24) is 5.32 Å². The normalized spacial score (nSPS) is 28.6. The number of nitrogens with two attached hydrogens (primary N) is 1. The number of nitrogens with one attached hydrogen (secondary N) is 1. The fourth-order valence-electron chi connectivity index (χ4n) is 4.14. The van der Waals surface area contributed by atoms with E-state index < -0.39 is 10.8 Å². The van der Waals surface area contributed by atoms with E-state index in [1.54, 1.807) is 6.07 Å². The average Bonchev–Trinajstić information content (AvgIpc) is 2.47. The molecule has 0 aliphatic heterocycles. The number of para-hydroxylation sites is 1. The summed E-state index contributed by atoms with van der Waals surface area (Å²) >= 11 is 5.89. The third kappa shape index (κ3) is 3.66. The van der Waals surface area contributed by atoms with Crippen LogP contribution in [-0.4, -0.2) is 22.9 Å². The maximum Gasteiger partial charge on any atom is 0.300 e. The van der Waals surface area contributed by atoms with E-state index in [1.165, 1.54) is 12.1 Å². The number of fused-ring (bicyclic) bond motifs is 2. The van der Waals surface area contributed by atoms with Crippen molar-refractivity contribution in [3.63, 3.8) is 0 Å². The summed E-state index contributed by atoms with van der Waals surface area (Å²) < 4.78 is 0. The quantitative estimate of drug-likeness (QED) is 0.626. The number of nitro groups is 1. The molecule has 0 aromatic heterocycles. The van der Waals surface area contributed by atoms with E-state index in [2.05, 4.69) is 5.32 Å². The monoisotopic (exact) mass is 373 g/mol. The molecule has 8 heteroatoms. The van der Waals surface area contributed by atoms with Crippen LogP contribution in [0.25, 0.3) is 0 Å². The number of carbonyl (C=O) groups is 1. The molecule has 2 saturated carbocycles. The summed E-state index contributed by atoms with van der Waals surface area (Å²) in [6.07, 6.45) is 5.06. The third-order valence-electron chi connectivity index (χ3n) is 5.09. The van der Waals surface area contributed by atoms with Gasteiger partial charge in [0, 0.05) is 12.1 Å². The van der Waals surface area contributed by atoms with Crippen LogP contribution in [0.2, 0.25) is 5.02 Å². The zero-order chi connectivity index (χ0) is 16.6. The Balaban J connectivity index is 0.00000208. The van der Waals surface area contributed by atoms with E-state index in [4.69, 9.17) is 17.3 Å². The van der Waals surface area contributed by atoms with Gasteiger partial charge in [0.05, 0.1) is 4.92 Å². The minimum atomic E-state index is -0.602. The molecule has 3 rings (SSSR count). The predicted octanol–water partition coefficient (Wildman–Crippen LogP) is 3.31. The number of nitrogens with zero attached hydrogens (tertiary/aromatic N) is 1. The second-order valence-electron chi connectivity index (χ2n) is 6.57. The fraction of sp³-hybridized carbons (Fsp3) is 0.562. The minimum absolute atomic E-state index is 0. The highest BCUT2D eigenvalue weighted by Gasteiger charge is 2.40. The maximum absolute atomic E-state index is 12.6. The first-order valence-corrected chi connectivity index (χ1v) is 8.34. The summed E-state index contributed by atoms with van der Waals surface area (Å²) in [7, 11) is 0. The van der Waals surface area contributed by atoms with Gasteiger partial charge in [0.15, 0.2) is 0 Å². The first-order chi connectivity index (χ1) is 11.0. The highest BCUT2D eigenvalue weighted by molar-refractivity contribution is 6.33. The molecular weight excluding hydrogens is 353 g/mol. The van der Waals surface area contributed by atoms with E-state index in [1.807, 2.05) is 0 Å². The van der Waals surface area contributed by atoms with Crippen molar-refractivity contribution in [3.05, 3.63) is 38.9 Å². The number of hydrogen-bond acceptors (Lipinski definition) is 4. The molecule has 0 radical (unpaired) electrons. The lowest BCUT2D eigenvalue weighted by atomic mass is 9.67. The molecule has 2 aliphatic carbocycles. The molecule has 2 bridgehead atoms. The molecule has 1 aromatic rings. The predicted molar refractivity (Wildman–Crippen MR) is 94.6 cm³/mol. The summed E-state index contributed by atoms with van der Waals surface area (Å²) in [6.45, 7) is 0. The van der Waals surface area contributed by atoms with Gasteiger partial charge in [0.2, 0.25) is 0 Å². The average molecular weight is 374 g/mol. The molecule has 2 fully saturated rings. The SMILES string of the molecule is Cl.NC1CC2CCCC(C1)C2NC(=O)c1cccc(Cl)c1[N+](=O)[O-]. The molecule has 24 heavy (non-hydrogen) atoms. The molecule has 2 unspecified atom stereocenters. The molecule has 2 aliphatic rings. The molecule has 2 atom stereocenters. The van der Waals surface area contributed by atoms with Crippen molar-refractivity contribution in [2.45, 2.75) is 44.2 Å². The van der Waals surface area contributed by atoms with Crippen molar-refractivity contribution in [2.24, 2.45) is 17.6 Å². The summed E-state index contributed by atoms with van der Waals surface area (Å²) in [4.78, 5) is 23.2. The van der Waals surface area contributed by atoms with Crippen molar-refractivity contribution in [3.8, 4) is 0 Å². The third-order valence-corrected chi connectivity index (χ3v) is 5.39. The van der Waals surface area contributed by atoms with Crippen LogP contribution in [0.4, 0.5) is 5.69 Å². The van der Waals surface area contributed by atoms with Crippen molar-refractivity contribution in [2.75, 3.05) is 0 Å². The second-order valence-corrected chi connectivity index (χ2v) is 6.98. The van der Waals surface area contributed by atoms with E-state index in [0.717, 1.165) is 32.1 Å². The number of amides is 1. The highest BCUT2D eigenvalue weighted by Crippen LogP contribution is 2.40. The lowest BCUT2D eigenvalue weighted by molar-refractivity contribution is -0.385. The van der Waals surface area contributed by atoms with E-state index in [0.29, 0.717) is 11.8 Å². The highest BCUT2D eigenvalue weighted by atomic mass is 35.5. The molecule has 0 spiro atoms. The summed E-state index contributed by atoms with van der Waals surface area (Å²) in [6, 6.07) is 4.67. The van der Waals surface area contributed by atoms with Gasteiger partial charge in [-0.25, -0.2) is 0 Å². The van der Waals surface area contributed by atoms with Gasteiger partial charge in [-0.2, -0.15) is 0 Å². The number of halogens is 2. The molecule has 6 nitrogen and oxygen atoms in total. The van der Waals surface area contributed by atoms with E-state index in [-0.39, 0.29) is 40.8 Å². The molecular formula is C16H21Cl2N3O3. The Hall–Kier alpha value is -1.37. The lowest BCUT2D eigenvalue weighted by Gasteiger charge is -2.45. The molecule has 0 saturated heterocycles. The van der Waals surface area contributed by atoms with Gasteiger partial charge < -0.3 is 11.1 Å². The zero-order valence-corrected chi connectivity index (χ0v) is 14.7. The topological polar surface area (TPSA) is 98.3 Å². The zero-order valence-electron chi connectivity index (χ0n) is 13.1. The Morgan fingerprint density at radius 1 is 1.29 bits per heavy atom. The summed E-state index contributed by atoms with van der Waals surface area (Å²) in [5.41, 5.74) is 5.79. The molecule has 1 amide bonds. The minimum Gasteiger partial charge on any atom is -0.349 e. The smallest absolute Gasteiger partial charge is 0.300 e. The number of nitro benzene ring substituents is 1. The van der Waals surface area contributed by atoms with Crippen LogP contribution in [0.15, 0.2) is 18.2 Å². The Kier molecular flexibility index (Phi) is 6.06. The molecule has 3 N–H and O–H groups in total. The first kappa shape index (κ1) is 19.0. The first-order valence-electron chi connectivity index (χ1n) is 7.96. The number of carbonyl (C=O) groups excluding carboxylic acids is 1. The van der Waals surface area contributed by atoms with Crippen molar-refractivity contribution in [1.29, 1.82) is 0 Å². The van der Waals surface area contributed by atoms with Gasteiger partial charge in [-0.05, 0) is 49.7 Å². The van der Waals surface area contributed by atoms with Crippen LogP contribution in [0.5, 0.6) is 0 Å². The molecule has 0 heterocycles. The summed E-state index contributed by atoms with van der Waals surface area (Å²) in [5, 5.41) is 14.2. The Morgan fingerprint density at radius 3 is 2.50 bits per heavy atom. The van der Waals surface area contributed by atoms with Gasteiger partial charge >= 0.3 is 5.69 Å². The standard InChI is InChI=1S/C16H20ClN3O3.ClH/c17-13-6-2-5-12(15(13)20(22)23)16(21)19-14-9-3-1-4-10(14)8-11(18)7-9;/h2,5-6,9-11,14H,1,3-4,7-8,18H2,(H,19,21);1H. The van der Waals surface area contributed by atoms with E-state index in [9.17, 15) is 14.9 Å². The number of benzene rings is 1. The van der Waals surface area contributed by atoms with Gasteiger partial charge in [-0.3, -0.25) is 14.9 Å².